The Morgan fingerprint density at radius 2 is 2.03 bits per heavy atom. The minimum Gasteiger partial charge on any atom is -0.372 e. The summed E-state index contributed by atoms with van der Waals surface area (Å²) in [5, 5.41) is 8.79. The number of thiophene rings is 1. The molecule has 1 saturated heterocycles. The number of anilines is 2. The first-order valence-corrected chi connectivity index (χ1v) is 12.0. The maximum absolute atomic E-state index is 13.2. The van der Waals surface area contributed by atoms with Crippen LogP contribution < -0.4 is 5.32 Å². The van der Waals surface area contributed by atoms with Crippen molar-refractivity contribution in [2.45, 2.75) is 39.0 Å². The van der Waals surface area contributed by atoms with Crippen LogP contribution in [0.2, 0.25) is 0 Å². The van der Waals surface area contributed by atoms with E-state index in [0.29, 0.717) is 26.2 Å². The standard InChI is InChI=1S/C23H25N7O2S/c1-14-10-29(11-15(2)32-14)23(31)28-7-5-18-19(12-28)33-22-20(18)21(24-13-25-22)27-16-4-8-30-17(9-16)3-6-26-30/h3-4,6,8-9,13-15H,5,7,10-12H2,1-2H3,(H,24,25,27)/t14-,15+. The van der Waals surface area contributed by atoms with E-state index in [1.807, 2.05) is 52.6 Å². The Balaban J connectivity index is 1.27. The molecule has 33 heavy (non-hydrogen) atoms. The number of nitrogens with zero attached hydrogens (tertiary/aromatic N) is 6. The Morgan fingerprint density at radius 3 is 2.88 bits per heavy atom. The number of urea groups is 1. The molecular weight excluding hydrogens is 438 g/mol. The third-order valence-corrected chi connectivity index (χ3v) is 7.38. The molecular formula is C23H25N7O2S. The highest BCUT2D eigenvalue weighted by Gasteiger charge is 2.32. The third kappa shape index (κ3) is 3.68. The van der Waals surface area contributed by atoms with E-state index in [9.17, 15) is 4.79 Å². The quantitative estimate of drug-likeness (QED) is 0.488. The van der Waals surface area contributed by atoms with E-state index < -0.39 is 0 Å². The number of rotatable bonds is 2. The van der Waals surface area contributed by atoms with Gasteiger partial charge in [-0.2, -0.15) is 5.10 Å². The predicted octanol–water partition coefficient (Wildman–Crippen LogP) is 3.67. The number of pyridine rings is 1. The van der Waals surface area contributed by atoms with E-state index in [1.54, 1.807) is 23.9 Å². The summed E-state index contributed by atoms with van der Waals surface area (Å²) in [7, 11) is 0. The van der Waals surface area contributed by atoms with Crippen LogP contribution in [0.15, 0.2) is 36.9 Å². The molecule has 2 amide bonds. The van der Waals surface area contributed by atoms with Crippen molar-refractivity contribution in [3.05, 3.63) is 47.4 Å². The number of hydrogen-bond donors (Lipinski definition) is 1. The Labute approximate surface area is 195 Å². The van der Waals surface area contributed by atoms with Gasteiger partial charge >= 0.3 is 6.03 Å². The van der Waals surface area contributed by atoms with Gasteiger partial charge in [0.1, 0.15) is 17.0 Å². The average Bonchev–Trinajstić information content (AvgIpc) is 3.41. The Kier molecular flexibility index (Phi) is 4.92. The van der Waals surface area contributed by atoms with Gasteiger partial charge in [-0.15, -0.1) is 11.3 Å². The maximum Gasteiger partial charge on any atom is 0.320 e. The van der Waals surface area contributed by atoms with E-state index in [2.05, 4.69) is 20.4 Å². The SMILES string of the molecule is C[C@@H]1CN(C(=O)N2CCc3c(sc4ncnc(Nc5ccn6nccc6c5)c34)C2)C[C@H](C)O1. The van der Waals surface area contributed by atoms with Gasteiger partial charge in [-0.25, -0.2) is 19.3 Å². The molecule has 0 saturated carbocycles. The Morgan fingerprint density at radius 1 is 1.18 bits per heavy atom. The fourth-order valence-corrected chi connectivity index (χ4v) is 6.06. The van der Waals surface area contributed by atoms with Gasteiger partial charge in [0.15, 0.2) is 0 Å². The maximum atomic E-state index is 13.2. The summed E-state index contributed by atoms with van der Waals surface area (Å²) in [5.41, 5.74) is 3.21. The van der Waals surface area contributed by atoms with Crippen molar-refractivity contribution in [1.29, 1.82) is 0 Å². The number of fused-ring (bicyclic) bond motifs is 4. The number of carbonyl (C=O) groups is 1. The topological polar surface area (TPSA) is 87.9 Å². The largest absolute Gasteiger partial charge is 0.372 e. The van der Waals surface area contributed by atoms with Crippen molar-refractivity contribution in [2.75, 3.05) is 25.0 Å². The van der Waals surface area contributed by atoms with Crippen LogP contribution in [-0.4, -0.2) is 67.3 Å². The third-order valence-electron chi connectivity index (χ3n) is 6.26. The number of aromatic nitrogens is 4. The minimum atomic E-state index is 0.0630. The molecule has 0 aliphatic carbocycles. The van der Waals surface area contributed by atoms with Crippen LogP contribution in [0.5, 0.6) is 0 Å². The van der Waals surface area contributed by atoms with Crippen molar-refractivity contribution in [1.82, 2.24) is 29.4 Å². The fraction of sp³-hybridized carbons (Fsp3) is 0.391. The summed E-state index contributed by atoms with van der Waals surface area (Å²) >= 11 is 1.65. The molecule has 0 unspecified atom stereocenters. The summed E-state index contributed by atoms with van der Waals surface area (Å²) in [6, 6.07) is 6.09. The molecule has 1 N–H and O–H groups in total. The molecule has 0 radical (unpaired) electrons. The first-order chi connectivity index (χ1) is 16.0. The zero-order valence-electron chi connectivity index (χ0n) is 18.6. The molecule has 1 fully saturated rings. The molecule has 2 atom stereocenters. The van der Waals surface area contributed by atoms with E-state index in [0.717, 1.165) is 33.7 Å². The highest BCUT2D eigenvalue weighted by atomic mass is 32.1. The van der Waals surface area contributed by atoms with Crippen LogP contribution in [0.1, 0.15) is 24.3 Å². The van der Waals surface area contributed by atoms with E-state index in [4.69, 9.17) is 4.74 Å². The number of carbonyl (C=O) groups excluding carboxylic acids is 1. The zero-order chi connectivity index (χ0) is 22.5. The first kappa shape index (κ1) is 20.4. The first-order valence-electron chi connectivity index (χ1n) is 11.2. The van der Waals surface area contributed by atoms with Crippen molar-refractivity contribution < 1.29 is 9.53 Å². The van der Waals surface area contributed by atoms with Crippen LogP contribution in [0.3, 0.4) is 0 Å². The summed E-state index contributed by atoms with van der Waals surface area (Å²) in [5.74, 6) is 0.803. The number of hydrogen-bond acceptors (Lipinski definition) is 7. The molecule has 10 heteroatoms. The van der Waals surface area contributed by atoms with Gasteiger partial charge < -0.3 is 19.9 Å². The average molecular weight is 464 g/mol. The molecule has 4 aromatic heterocycles. The molecule has 2 aliphatic heterocycles. The van der Waals surface area contributed by atoms with Gasteiger partial charge in [-0.1, -0.05) is 0 Å². The van der Waals surface area contributed by atoms with E-state index in [1.165, 1.54) is 10.4 Å². The fourth-order valence-electron chi connectivity index (χ4n) is 4.86. The van der Waals surface area contributed by atoms with Crippen LogP contribution in [-0.2, 0) is 17.7 Å². The Bertz CT molecular complexity index is 1340. The number of amides is 2. The monoisotopic (exact) mass is 463 g/mol. The summed E-state index contributed by atoms with van der Waals surface area (Å²) in [6.07, 6.45) is 6.23. The van der Waals surface area contributed by atoms with Gasteiger partial charge in [0.2, 0.25) is 0 Å². The lowest BCUT2D eigenvalue weighted by molar-refractivity contribution is -0.0585. The van der Waals surface area contributed by atoms with E-state index >= 15 is 0 Å². The van der Waals surface area contributed by atoms with Crippen molar-refractivity contribution in [3.8, 4) is 0 Å². The van der Waals surface area contributed by atoms with Gasteiger partial charge in [0, 0.05) is 42.6 Å². The van der Waals surface area contributed by atoms with Crippen LogP contribution >= 0.6 is 11.3 Å². The van der Waals surface area contributed by atoms with Gasteiger partial charge in [-0.3, -0.25) is 0 Å². The summed E-state index contributed by atoms with van der Waals surface area (Å²) in [4.78, 5) is 28.3. The number of ether oxygens (including phenoxy) is 1. The molecule has 0 spiro atoms. The molecule has 170 valence electrons. The van der Waals surface area contributed by atoms with Crippen LogP contribution in [0, 0.1) is 0 Å². The van der Waals surface area contributed by atoms with E-state index in [-0.39, 0.29) is 18.2 Å². The van der Waals surface area contributed by atoms with Crippen LogP contribution in [0.25, 0.3) is 15.7 Å². The van der Waals surface area contributed by atoms with Gasteiger partial charge in [-0.05, 0) is 44.0 Å². The van der Waals surface area contributed by atoms with Crippen molar-refractivity contribution in [2.24, 2.45) is 0 Å². The van der Waals surface area contributed by atoms with Crippen molar-refractivity contribution >= 4 is 44.6 Å². The number of nitrogens with one attached hydrogen (secondary N) is 1. The summed E-state index contributed by atoms with van der Waals surface area (Å²) in [6.45, 7) is 6.62. The zero-order valence-corrected chi connectivity index (χ0v) is 19.4. The lowest BCUT2D eigenvalue weighted by atomic mass is 10.0. The predicted molar refractivity (Wildman–Crippen MR) is 127 cm³/mol. The highest BCUT2D eigenvalue weighted by molar-refractivity contribution is 7.19. The Hall–Kier alpha value is -3.24. The lowest BCUT2D eigenvalue weighted by Gasteiger charge is -2.39. The highest BCUT2D eigenvalue weighted by Crippen LogP contribution is 2.38. The second kappa shape index (κ2) is 7.96. The van der Waals surface area contributed by atoms with Crippen molar-refractivity contribution in [3.63, 3.8) is 0 Å². The molecule has 9 nitrogen and oxygen atoms in total. The minimum absolute atomic E-state index is 0.0630. The molecule has 6 rings (SSSR count). The molecule has 0 aromatic carbocycles. The normalized spacial score (nSPS) is 20.9. The molecule has 6 heterocycles. The second-order valence-corrected chi connectivity index (χ2v) is 9.85. The van der Waals surface area contributed by atoms with Gasteiger partial charge in [0.05, 0.1) is 29.7 Å². The molecule has 4 aromatic rings. The smallest absolute Gasteiger partial charge is 0.320 e. The van der Waals surface area contributed by atoms with Crippen LogP contribution in [0.4, 0.5) is 16.3 Å². The lowest BCUT2D eigenvalue weighted by Crippen LogP contribution is -2.53. The summed E-state index contributed by atoms with van der Waals surface area (Å²) < 4.78 is 7.62. The molecule has 2 aliphatic rings. The van der Waals surface area contributed by atoms with Gasteiger partial charge in [0.25, 0.3) is 0 Å². The molecule has 0 bridgehead atoms. The second-order valence-electron chi connectivity index (χ2n) is 8.76. The number of morpholine rings is 1.